The van der Waals surface area contributed by atoms with Gasteiger partial charge in [0.1, 0.15) is 36.3 Å². The van der Waals surface area contributed by atoms with Crippen molar-refractivity contribution in [2.24, 2.45) is 22.4 Å². The van der Waals surface area contributed by atoms with Crippen molar-refractivity contribution in [2.75, 3.05) is 19.6 Å². The van der Waals surface area contributed by atoms with Crippen LogP contribution in [0.4, 0.5) is 0 Å². The Morgan fingerprint density at radius 3 is 2.26 bits per heavy atom. The van der Waals surface area contributed by atoms with Crippen molar-refractivity contribution in [3.8, 4) is 0 Å². The summed E-state index contributed by atoms with van der Waals surface area (Å²) in [7, 11) is 0. The zero-order chi connectivity index (χ0) is 47.0. The number of hydrogen-bond donors (Lipinski definition) is 9. The van der Waals surface area contributed by atoms with Crippen molar-refractivity contribution >= 4 is 58.2 Å². The number of aromatic nitrogens is 1. The molecule has 1 saturated carbocycles. The van der Waals surface area contributed by atoms with Gasteiger partial charge in [0.2, 0.25) is 41.4 Å². The molecule has 2 aliphatic heterocycles. The first-order chi connectivity index (χ1) is 31.9. The van der Waals surface area contributed by atoms with Crippen LogP contribution < -0.4 is 43.4 Å². The lowest BCUT2D eigenvalue weighted by Crippen LogP contribution is -2.60. The van der Waals surface area contributed by atoms with Crippen molar-refractivity contribution in [2.45, 2.75) is 139 Å². The molecule has 6 atom stereocenters. The molecule has 0 spiro atoms. The number of aliphatic imine (C=N–C) groups is 1. The minimum atomic E-state index is -1.13. The fraction of sp³-hybridized carbons (Fsp3) is 0.542. The molecule has 3 fully saturated rings. The van der Waals surface area contributed by atoms with Gasteiger partial charge in [0.25, 0.3) is 0 Å². The maximum Gasteiger partial charge on any atom is 0.245 e. The third-order valence-electron chi connectivity index (χ3n) is 12.9. The summed E-state index contributed by atoms with van der Waals surface area (Å²) < 4.78 is 0. The van der Waals surface area contributed by atoms with Gasteiger partial charge < -0.3 is 53.3 Å². The number of guanidine groups is 1. The number of hydrogen-bond acceptors (Lipinski definition) is 8. The van der Waals surface area contributed by atoms with E-state index in [2.05, 4.69) is 41.9 Å². The Bertz CT molecular complexity index is 2190. The maximum atomic E-state index is 14.6. The zero-order valence-corrected chi connectivity index (χ0v) is 37.9. The number of H-pyrrole nitrogens is 1. The first kappa shape index (κ1) is 49.0. The average Bonchev–Trinajstić information content (AvgIpc) is 3.96. The van der Waals surface area contributed by atoms with Crippen LogP contribution in [0.15, 0.2) is 65.8 Å². The molecule has 0 bridgehead atoms. The molecule has 1 aromatic heterocycles. The minimum Gasteiger partial charge on any atom is -0.370 e. The van der Waals surface area contributed by atoms with Crippen molar-refractivity contribution in [3.05, 3.63) is 71.9 Å². The highest BCUT2D eigenvalue weighted by Gasteiger charge is 2.40. The molecule has 18 heteroatoms. The fourth-order valence-corrected chi connectivity index (χ4v) is 9.45. The Morgan fingerprint density at radius 2 is 1.50 bits per heavy atom. The lowest BCUT2D eigenvalue weighted by molar-refractivity contribution is -0.142. The Balaban J connectivity index is 1.31. The van der Waals surface area contributed by atoms with Gasteiger partial charge in [-0.2, -0.15) is 0 Å². The van der Waals surface area contributed by atoms with Gasteiger partial charge in [-0.25, -0.2) is 0 Å². The van der Waals surface area contributed by atoms with E-state index in [-0.39, 0.29) is 57.1 Å². The monoisotopic (exact) mass is 910 g/mol. The van der Waals surface area contributed by atoms with E-state index in [0.29, 0.717) is 38.6 Å². The highest BCUT2D eigenvalue weighted by Crippen LogP contribution is 2.28. The summed E-state index contributed by atoms with van der Waals surface area (Å²) in [4.78, 5) is 107. The van der Waals surface area contributed by atoms with Crippen molar-refractivity contribution in [1.82, 2.24) is 41.8 Å². The second-order valence-electron chi connectivity index (χ2n) is 17.9. The average molecular weight is 910 g/mol. The second-order valence-corrected chi connectivity index (χ2v) is 17.9. The third-order valence-corrected chi connectivity index (χ3v) is 12.9. The van der Waals surface area contributed by atoms with Crippen LogP contribution >= 0.6 is 0 Å². The number of para-hydroxylation sites is 1. The number of aromatic amines is 1. The standard InChI is InChI=1S/C48H67N11O7/c1-30(60)54-38(26-31-14-4-2-5-15-31)43(62)56-37-21-12-24-51-42(61)36(20-10-11-23-52-48(49)50)55-45(64)40(28-33-29-53-35-19-9-8-18-34(33)35)57-44(63)39(27-32-16-6-3-7-17-32)58-46(65)41-22-13-25-59(41)47(37)66/h2,4-5,8-9,14-15,18-19,29,32,36-41,53H,3,6-7,10-13,16-17,20-28H2,1H3,(H,51,61)(H,54,60)(H,55,64)(H,56,62)(H,57,63)(H,58,65)(H4,49,50,52)/t36-,37-,38-,39+,40-,41-/m0/s1. The summed E-state index contributed by atoms with van der Waals surface area (Å²) in [6.45, 7) is 1.97. The first-order valence-electron chi connectivity index (χ1n) is 23.6. The Hall–Kier alpha value is -6.46. The molecule has 3 aromatic rings. The topological polar surface area (TPSA) is 275 Å². The number of carbonyl (C=O) groups excluding carboxylic acids is 7. The van der Waals surface area contributed by atoms with Crippen molar-refractivity contribution in [1.29, 1.82) is 0 Å². The largest absolute Gasteiger partial charge is 0.370 e. The van der Waals surface area contributed by atoms with Crippen LogP contribution in [0.2, 0.25) is 0 Å². The molecular weight excluding hydrogens is 843 g/mol. The fourth-order valence-electron chi connectivity index (χ4n) is 9.45. The van der Waals surface area contributed by atoms with Gasteiger partial charge in [0, 0.05) is 56.5 Å². The normalized spacial score (nSPS) is 23.3. The number of unbranched alkanes of at least 4 members (excludes halogenated alkanes) is 1. The molecule has 66 heavy (non-hydrogen) atoms. The quantitative estimate of drug-likeness (QED) is 0.0646. The summed E-state index contributed by atoms with van der Waals surface area (Å²) in [6.07, 6.45) is 9.68. The molecule has 3 aliphatic rings. The third kappa shape index (κ3) is 14.0. The molecule has 11 N–H and O–H groups in total. The molecule has 7 amide bonds. The second kappa shape index (κ2) is 24.2. The SMILES string of the molecule is CC(=O)N[C@@H](Cc1ccccc1)C(=O)N[C@H]1CCCNC(=O)[C@H](CCCCN=C(N)N)NC(=O)[C@H](Cc2c[nH]c3ccccc23)NC(=O)[C@@H](CC2CCCCC2)NC(=O)[C@@H]2CCCN2C1=O. The van der Waals surface area contributed by atoms with Gasteiger partial charge >= 0.3 is 0 Å². The molecule has 0 unspecified atom stereocenters. The summed E-state index contributed by atoms with van der Waals surface area (Å²) in [6, 6.07) is 10.6. The van der Waals surface area contributed by atoms with Crippen LogP contribution in [0.25, 0.3) is 10.9 Å². The Morgan fingerprint density at radius 1 is 0.788 bits per heavy atom. The van der Waals surface area contributed by atoms with E-state index in [1.165, 1.54) is 11.8 Å². The van der Waals surface area contributed by atoms with Crippen LogP contribution in [-0.4, -0.2) is 113 Å². The van der Waals surface area contributed by atoms with Gasteiger partial charge in [-0.3, -0.25) is 38.6 Å². The molecule has 2 aromatic carbocycles. The number of rotatable bonds is 14. The molecule has 356 valence electrons. The highest BCUT2D eigenvalue weighted by atomic mass is 16.2. The molecule has 6 rings (SSSR count). The molecule has 3 heterocycles. The smallest absolute Gasteiger partial charge is 0.245 e. The van der Waals surface area contributed by atoms with E-state index >= 15 is 0 Å². The van der Waals surface area contributed by atoms with E-state index in [4.69, 9.17) is 11.5 Å². The van der Waals surface area contributed by atoms with Gasteiger partial charge in [0.05, 0.1) is 0 Å². The molecule has 18 nitrogen and oxygen atoms in total. The van der Waals surface area contributed by atoms with Crippen LogP contribution in [-0.2, 0) is 46.4 Å². The lowest BCUT2D eigenvalue weighted by atomic mass is 9.84. The van der Waals surface area contributed by atoms with E-state index in [1.54, 1.807) is 6.20 Å². The lowest BCUT2D eigenvalue weighted by Gasteiger charge is -2.32. The summed E-state index contributed by atoms with van der Waals surface area (Å²) >= 11 is 0. The van der Waals surface area contributed by atoms with Crippen LogP contribution in [0.3, 0.4) is 0 Å². The van der Waals surface area contributed by atoms with Crippen LogP contribution in [0, 0.1) is 5.92 Å². The van der Waals surface area contributed by atoms with Crippen molar-refractivity contribution < 1.29 is 33.6 Å². The number of benzene rings is 2. The molecular formula is C48H67N11O7. The van der Waals surface area contributed by atoms with Gasteiger partial charge in [-0.1, -0.05) is 80.6 Å². The van der Waals surface area contributed by atoms with E-state index in [0.717, 1.165) is 54.1 Å². The van der Waals surface area contributed by atoms with Gasteiger partial charge in [-0.05, 0) is 74.5 Å². The molecule has 0 radical (unpaired) electrons. The predicted molar refractivity (Wildman–Crippen MR) is 250 cm³/mol. The first-order valence-corrected chi connectivity index (χ1v) is 23.6. The van der Waals surface area contributed by atoms with E-state index in [9.17, 15) is 33.6 Å². The van der Waals surface area contributed by atoms with Crippen LogP contribution in [0.5, 0.6) is 0 Å². The highest BCUT2D eigenvalue weighted by molar-refractivity contribution is 5.98. The van der Waals surface area contributed by atoms with E-state index < -0.39 is 77.6 Å². The summed E-state index contributed by atoms with van der Waals surface area (Å²) in [5, 5.41) is 18.3. The maximum absolute atomic E-state index is 14.6. The summed E-state index contributed by atoms with van der Waals surface area (Å²) in [5.41, 5.74) is 13.5. The minimum absolute atomic E-state index is 0.0545. The molecule has 1 aliphatic carbocycles. The van der Waals surface area contributed by atoms with Gasteiger partial charge in [-0.15, -0.1) is 0 Å². The zero-order valence-electron chi connectivity index (χ0n) is 37.9. The van der Waals surface area contributed by atoms with Crippen LogP contribution in [0.1, 0.15) is 102 Å². The van der Waals surface area contributed by atoms with Gasteiger partial charge in [0.15, 0.2) is 5.96 Å². The number of nitrogens with one attached hydrogen (secondary N) is 7. The summed E-state index contributed by atoms with van der Waals surface area (Å²) in [5.74, 6) is -3.45. The number of fused-ring (bicyclic) bond motifs is 2. The number of carbonyl (C=O) groups is 7. The van der Waals surface area contributed by atoms with Crippen molar-refractivity contribution in [3.63, 3.8) is 0 Å². The number of nitrogens with zero attached hydrogens (tertiary/aromatic N) is 2. The van der Waals surface area contributed by atoms with E-state index in [1.807, 2.05) is 54.6 Å². The number of amides is 7. The number of nitrogens with two attached hydrogens (primary N) is 2. The molecule has 2 saturated heterocycles. The predicted octanol–water partition coefficient (Wildman–Crippen LogP) is 1.71. The Kier molecular flexibility index (Phi) is 17.9. The Labute approximate surface area is 386 Å².